The van der Waals surface area contributed by atoms with E-state index in [2.05, 4.69) is 31.0 Å². The SMILES string of the molecule is CCC(C)C1CN(Cc2cccc(F)c2)C(C)CCN1. The third-order valence-corrected chi connectivity index (χ3v) is 4.63. The second-order valence-corrected chi connectivity index (χ2v) is 6.14. The van der Waals surface area contributed by atoms with Gasteiger partial charge >= 0.3 is 0 Å². The molecule has 1 aromatic rings. The molecular weight excluding hydrogens is 251 g/mol. The van der Waals surface area contributed by atoms with Crippen molar-refractivity contribution in [1.29, 1.82) is 0 Å². The lowest BCUT2D eigenvalue weighted by Gasteiger charge is -2.31. The molecule has 1 aliphatic heterocycles. The molecule has 3 heteroatoms. The summed E-state index contributed by atoms with van der Waals surface area (Å²) in [4.78, 5) is 2.49. The first-order valence-corrected chi connectivity index (χ1v) is 7.82. The van der Waals surface area contributed by atoms with Gasteiger partial charge in [-0.1, -0.05) is 32.4 Å². The van der Waals surface area contributed by atoms with Gasteiger partial charge in [0.25, 0.3) is 0 Å². The standard InChI is InChI=1S/C17H27FN2/c1-4-13(2)17-12-20(14(3)8-9-19-17)11-15-6-5-7-16(18)10-15/h5-7,10,13-14,17,19H,4,8-9,11-12H2,1-3H3. The van der Waals surface area contributed by atoms with Crippen LogP contribution < -0.4 is 5.32 Å². The van der Waals surface area contributed by atoms with Gasteiger partial charge in [0.05, 0.1) is 0 Å². The van der Waals surface area contributed by atoms with E-state index in [1.807, 2.05) is 6.07 Å². The van der Waals surface area contributed by atoms with E-state index in [-0.39, 0.29) is 5.82 Å². The van der Waals surface area contributed by atoms with Gasteiger partial charge in [0, 0.05) is 25.2 Å². The number of benzene rings is 1. The van der Waals surface area contributed by atoms with Crippen molar-refractivity contribution in [3.63, 3.8) is 0 Å². The highest BCUT2D eigenvalue weighted by Gasteiger charge is 2.25. The van der Waals surface area contributed by atoms with Gasteiger partial charge < -0.3 is 5.32 Å². The normalized spacial score (nSPS) is 26.2. The molecule has 1 N–H and O–H groups in total. The van der Waals surface area contributed by atoms with Crippen molar-refractivity contribution in [2.24, 2.45) is 5.92 Å². The minimum Gasteiger partial charge on any atom is -0.312 e. The summed E-state index contributed by atoms with van der Waals surface area (Å²) >= 11 is 0. The lowest BCUT2D eigenvalue weighted by Crippen LogP contribution is -2.43. The highest BCUT2D eigenvalue weighted by Crippen LogP contribution is 2.18. The van der Waals surface area contributed by atoms with Crippen LogP contribution in [0.15, 0.2) is 24.3 Å². The van der Waals surface area contributed by atoms with Crippen LogP contribution in [0.25, 0.3) is 0 Å². The summed E-state index contributed by atoms with van der Waals surface area (Å²) in [6.07, 6.45) is 2.35. The summed E-state index contributed by atoms with van der Waals surface area (Å²) in [6.45, 7) is 9.81. The van der Waals surface area contributed by atoms with Gasteiger partial charge in [0.1, 0.15) is 5.82 Å². The monoisotopic (exact) mass is 278 g/mol. The summed E-state index contributed by atoms with van der Waals surface area (Å²) in [5.41, 5.74) is 1.07. The lowest BCUT2D eigenvalue weighted by atomic mass is 9.98. The summed E-state index contributed by atoms with van der Waals surface area (Å²) in [5.74, 6) is 0.539. The third kappa shape index (κ3) is 4.03. The number of nitrogens with zero attached hydrogens (tertiary/aromatic N) is 1. The Hall–Kier alpha value is -0.930. The van der Waals surface area contributed by atoms with Gasteiger partial charge in [-0.25, -0.2) is 4.39 Å². The number of rotatable bonds is 4. The summed E-state index contributed by atoms with van der Waals surface area (Å²) < 4.78 is 13.3. The number of hydrogen-bond donors (Lipinski definition) is 1. The van der Waals surface area contributed by atoms with Gasteiger partial charge in [0.2, 0.25) is 0 Å². The molecule has 1 aromatic carbocycles. The molecule has 3 atom stereocenters. The second kappa shape index (κ2) is 7.19. The molecule has 2 nitrogen and oxygen atoms in total. The molecule has 0 aliphatic carbocycles. The molecule has 112 valence electrons. The molecule has 20 heavy (non-hydrogen) atoms. The van der Waals surface area contributed by atoms with Crippen molar-refractivity contribution in [3.8, 4) is 0 Å². The van der Waals surface area contributed by atoms with Crippen LogP contribution in [0.5, 0.6) is 0 Å². The summed E-state index contributed by atoms with van der Waals surface area (Å²) in [6, 6.07) is 8.07. The third-order valence-electron chi connectivity index (χ3n) is 4.63. The van der Waals surface area contributed by atoms with E-state index in [4.69, 9.17) is 0 Å². The first-order chi connectivity index (χ1) is 9.60. The molecule has 0 radical (unpaired) electrons. The number of nitrogens with one attached hydrogen (secondary N) is 1. The van der Waals surface area contributed by atoms with Crippen LogP contribution >= 0.6 is 0 Å². The molecule has 0 amide bonds. The van der Waals surface area contributed by atoms with E-state index >= 15 is 0 Å². The minimum absolute atomic E-state index is 0.137. The van der Waals surface area contributed by atoms with E-state index < -0.39 is 0 Å². The quantitative estimate of drug-likeness (QED) is 0.908. The van der Waals surface area contributed by atoms with Crippen LogP contribution in [0.3, 0.4) is 0 Å². The van der Waals surface area contributed by atoms with Crippen LogP contribution in [0.1, 0.15) is 39.2 Å². The number of halogens is 1. The first kappa shape index (κ1) is 15.5. The van der Waals surface area contributed by atoms with Crippen LogP contribution in [-0.4, -0.2) is 30.1 Å². The Bertz CT molecular complexity index is 421. The average molecular weight is 278 g/mol. The molecule has 3 unspecified atom stereocenters. The Labute approximate surface area is 122 Å². The van der Waals surface area contributed by atoms with Gasteiger partial charge in [-0.3, -0.25) is 4.90 Å². The van der Waals surface area contributed by atoms with Crippen molar-refractivity contribution in [1.82, 2.24) is 10.2 Å². The Morgan fingerprint density at radius 1 is 1.45 bits per heavy atom. The lowest BCUT2D eigenvalue weighted by molar-refractivity contribution is 0.180. The first-order valence-electron chi connectivity index (χ1n) is 7.82. The smallest absolute Gasteiger partial charge is 0.123 e. The topological polar surface area (TPSA) is 15.3 Å². The zero-order valence-corrected chi connectivity index (χ0v) is 12.9. The average Bonchev–Trinajstić information content (AvgIpc) is 2.61. The minimum atomic E-state index is -0.137. The highest BCUT2D eigenvalue weighted by atomic mass is 19.1. The van der Waals surface area contributed by atoms with Crippen molar-refractivity contribution in [3.05, 3.63) is 35.6 Å². The molecule has 2 rings (SSSR count). The van der Waals surface area contributed by atoms with Crippen LogP contribution in [0, 0.1) is 11.7 Å². The summed E-state index contributed by atoms with van der Waals surface area (Å²) in [5, 5.41) is 3.67. The predicted octanol–water partition coefficient (Wildman–Crippen LogP) is 3.42. The molecular formula is C17H27FN2. The predicted molar refractivity (Wildman–Crippen MR) is 82.1 cm³/mol. The fourth-order valence-electron chi connectivity index (χ4n) is 2.91. The van der Waals surface area contributed by atoms with E-state index in [1.54, 1.807) is 12.1 Å². The molecule has 0 spiro atoms. The van der Waals surface area contributed by atoms with Crippen molar-refractivity contribution in [2.75, 3.05) is 13.1 Å². The maximum atomic E-state index is 13.3. The number of hydrogen-bond acceptors (Lipinski definition) is 2. The zero-order valence-electron chi connectivity index (χ0n) is 12.9. The van der Waals surface area contributed by atoms with Gasteiger partial charge in [-0.2, -0.15) is 0 Å². The van der Waals surface area contributed by atoms with Crippen LogP contribution in [0.4, 0.5) is 4.39 Å². The highest BCUT2D eigenvalue weighted by molar-refractivity contribution is 5.16. The van der Waals surface area contributed by atoms with Crippen LogP contribution in [-0.2, 0) is 6.54 Å². The maximum absolute atomic E-state index is 13.3. The van der Waals surface area contributed by atoms with Crippen LogP contribution in [0.2, 0.25) is 0 Å². The Kier molecular flexibility index (Phi) is 5.55. The second-order valence-electron chi connectivity index (χ2n) is 6.14. The van der Waals surface area contributed by atoms with Gasteiger partial charge in [0.15, 0.2) is 0 Å². The molecule has 0 aromatic heterocycles. The molecule has 1 fully saturated rings. The maximum Gasteiger partial charge on any atom is 0.123 e. The van der Waals surface area contributed by atoms with E-state index in [9.17, 15) is 4.39 Å². The fourth-order valence-corrected chi connectivity index (χ4v) is 2.91. The zero-order chi connectivity index (χ0) is 14.5. The Morgan fingerprint density at radius 3 is 2.95 bits per heavy atom. The Morgan fingerprint density at radius 2 is 2.25 bits per heavy atom. The molecule has 1 saturated heterocycles. The van der Waals surface area contributed by atoms with Crippen molar-refractivity contribution >= 4 is 0 Å². The van der Waals surface area contributed by atoms with Gasteiger partial charge in [-0.15, -0.1) is 0 Å². The van der Waals surface area contributed by atoms with Crippen molar-refractivity contribution < 1.29 is 4.39 Å². The Balaban J connectivity index is 2.06. The molecule has 1 aliphatic rings. The van der Waals surface area contributed by atoms with E-state index in [1.165, 1.54) is 12.5 Å². The molecule has 0 bridgehead atoms. The van der Waals surface area contributed by atoms with Gasteiger partial charge in [-0.05, 0) is 43.5 Å². The summed E-state index contributed by atoms with van der Waals surface area (Å²) in [7, 11) is 0. The molecule has 0 saturated carbocycles. The van der Waals surface area contributed by atoms with E-state index in [0.29, 0.717) is 18.0 Å². The molecule has 1 heterocycles. The fraction of sp³-hybridized carbons (Fsp3) is 0.647. The van der Waals surface area contributed by atoms with Crippen molar-refractivity contribution in [2.45, 2.75) is 52.2 Å². The van der Waals surface area contributed by atoms with E-state index in [0.717, 1.165) is 31.6 Å². The largest absolute Gasteiger partial charge is 0.312 e.